The normalized spacial score (nSPS) is 23.8. The number of likely N-dealkylation sites (tertiary alicyclic amines) is 1. The number of nitrogens with zero attached hydrogens (tertiary/aromatic N) is 3. The van der Waals surface area contributed by atoms with Gasteiger partial charge in [-0.1, -0.05) is 13.8 Å². The van der Waals surface area contributed by atoms with Crippen LogP contribution < -0.4 is 5.32 Å². The van der Waals surface area contributed by atoms with Gasteiger partial charge >= 0.3 is 0 Å². The Hall–Kier alpha value is -1.07. The van der Waals surface area contributed by atoms with Crippen LogP contribution in [0.15, 0.2) is 18.5 Å². The molecule has 3 rings (SSSR count). The summed E-state index contributed by atoms with van der Waals surface area (Å²) >= 11 is 0. The zero-order valence-corrected chi connectivity index (χ0v) is 15.7. The molecular formula is C18H31ClN4O. The van der Waals surface area contributed by atoms with Crippen molar-refractivity contribution < 1.29 is 4.79 Å². The average Bonchev–Trinajstić information content (AvgIpc) is 3.09. The van der Waals surface area contributed by atoms with E-state index >= 15 is 0 Å². The lowest BCUT2D eigenvalue weighted by Crippen LogP contribution is -2.57. The lowest BCUT2D eigenvalue weighted by molar-refractivity contribution is -0.145. The van der Waals surface area contributed by atoms with Crippen LogP contribution in [0.5, 0.6) is 0 Å². The molecular weight excluding hydrogens is 324 g/mol. The molecule has 0 radical (unpaired) electrons. The van der Waals surface area contributed by atoms with Gasteiger partial charge in [0.15, 0.2) is 0 Å². The van der Waals surface area contributed by atoms with Crippen molar-refractivity contribution in [2.45, 2.75) is 51.5 Å². The third-order valence-corrected chi connectivity index (χ3v) is 5.38. The molecule has 2 aliphatic heterocycles. The summed E-state index contributed by atoms with van der Waals surface area (Å²) in [5.74, 6) is 1.65. The first-order chi connectivity index (χ1) is 11.1. The minimum absolute atomic E-state index is 0. The number of carbonyl (C=O) groups excluding carboxylic acids is 1. The lowest BCUT2D eigenvalue weighted by Gasteiger charge is -2.43. The summed E-state index contributed by atoms with van der Waals surface area (Å²) in [6.07, 6.45) is 9.03. The molecule has 1 atom stereocenters. The van der Waals surface area contributed by atoms with Gasteiger partial charge in [-0.15, -0.1) is 12.4 Å². The van der Waals surface area contributed by atoms with E-state index in [2.05, 4.69) is 29.2 Å². The molecule has 0 bridgehead atoms. The monoisotopic (exact) mass is 354 g/mol. The summed E-state index contributed by atoms with van der Waals surface area (Å²) in [7, 11) is 0. The van der Waals surface area contributed by atoms with Crippen molar-refractivity contribution in [2.75, 3.05) is 26.2 Å². The van der Waals surface area contributed by atoms with Gasteiger partial charge in [0.05, 0.1) is 0 Å². The fourth-order valence-electron chi connectivity index (χ4n) is 4.31. The third-order valence-electron chi connectivity index (χ3n) is 5.38. The maximum absolute atomic E-state index is 13.4. The van der Waals surface area contributed by atoms with E-state index in [1.165, 1.54) is 12.8 Å². The Labute approximate surface area is 151 Å². The number of aromatic nitrogens is 2. The highest BCUT2D eigenvalue weighted by Gasteiger charge is 2.45. The van der Waals surface area contributed by atoms with Crippen molar-refractivity contribution in [1.29, 1.82) is 0 Å². The second-order valence-corrected chi connectivity index (χ2v) is 7.62. The van der Waals surface area contributed by atoms with Crippen LogP contribution in [0.3, 0.4) is 0 Å². The van der Waals surface area contributed by atoms with E-state index in [9.17, 15) is 4.79 Å². The number of carbonyl (C=O) groups is 1. The van der Waals surface area contributed by atoms with Gasteiger partial charge in [0.2, 0.25) is 0 Å². The summed E-state index contributed by atoms with van der Waals surface area (Å²) in [6.45, 7) is 8.15. The number of piperidine rings is 2. The molecule has 6 heteroatoms. The maximum atomic E-state index is 13.4. The van der Waals surface area contributed by atoms with Gasteiger partial charge in [-0.05, 0) is 63.1 Å². The predicted molar refractivity (Wildman–Crippen MR) is 98.3 cm³/mol. The molecule has 1 unspecified atom stereocenters. The first-order valence-electron chi connectivity index (χ1n) is 9.12. The first-order valence-corrected chi connectivity index (χ1v) is 9.12. The SMILES string of the molecule is CC(C)CC1CCCN(C(=O)C2(n3cccn3)CCNCC2)C1.Cl. The van der Waals surface area contributed by atoms with E-state index in [4.69, 9.17) is 0 Å². The number of halogens is 1. The quantitative estimate of drug-likeness (QED) is 0.904. The number of nitrogens with one attached hydrogen (secondary N) is 1. The van der Waals surface area contributed by atoms with Crippen molar-refractivity contribution in [3.63, 3.8) is 0 Å². The van der Waals surface area contributed by atoms with Gasteiger partial charge in [-0.3, -0.25) is 9.48 Å². The molecule has 0 aromatic carbocycles. The molecule has 24 heavy (non-hydrogen) atoms. The number of hydrogen-bond donors (Lipinski definition) is 1. The maximum Gasteiger partial charge on any atom is 0.250 e. The third kappa shape index (κ3) is 3.94. The Kier molecular flexibility index (Phi) is 6.70. The zero-order chi connectivity index (χ0) is 16.3. The molecule has 1 aromatic rings. The van der Waals surface area contributed by atoms with Gasteiger partial charge in [0.25, 0.3) is 5.91 Å². The van der Waals surface area contributed by atoms with Crippen molar-refractivity contribution in [3.05, 3.63) is 18.5 Å². The number of rotatable bonds is 4. The van der Waals surface area contributed by atoms with Crippen molar-refractivity contribution in [1.82, 2.24) is 20.0 Å². The van der Waals surface area contributed by atoms with Crippen LogP contribution in [-0.4, -0.2) is 46.8 Å². The molecule has 136 valence electrons. The molecule has 0 spiro atoms. The minimum atomic E-state index is -0.478. The van der Waals surface area contributed by atoms with Crippen LogP contribution in [0.25, 0.3) is 0 Å². The van der Waals surface area contributed by atoms with Crippen LogP contribution in [0.1, 0.15) is 46.0 Å². The van der Waals surface area contributed by atoms with Gasteiger partial charge in [-0.25, -0.2) is 0 Å². The van der Waals surface area contributed by atoms with E-state index in [1.807, 2.05) is 16.9 Å². The van der Waals surface area contributed by atoms with Crippen molar-refractivity contribution in [3.8, 4) is 0 Å². The van der Waals surface area contributed by atoms with Crippen molar-refractivity contribution >= 4 is 18.3 Å². The number of hydrogen-bond acceptors (Lipinski definition) is 3. The molecule has 3 heterocycles. The highest BCUT2D eigenvalue weighted by molar-refractivity contribution is 5.85. The Morgan fingerprint density at radius 1 is 1.38 bits per heavy atom. The smallest absolute Gasteiger partial charge is 0.250 e. The summed E-state index contributed by atoms with van der Waals surface area (Å²) in [6, 6.07) is 1.93. The molecule has 2 fully saturated rings. The molecule has 5 nitrogen and oxygen atoms in total. The first kappa shape index (κ1) is 19.3. The summed E-state index contributed by atoms with van der Waals surface area (Å²) < 4.78 is 1.92. The highest BCUT2D eigenvalue weighted by Crippen LogP contribution is 2.32. The Morgan fingerprint density at radius 2 is 2.12 bits per heavy atom. The Balaban J connectivity index is 0.00000208. The van der Waals surface area contributed by atoms with Gasteiger partial charge in [-0.2, -0.15) is 5.10 Å². The highest BCUT2D eigenvalue weighted by atomic mass is 35.5. The zero-order valence-electron chi connectivity index (χ0n) is 14.9. The fourth-order valence-corrected chi connectivity index (χ4v) is 4.31. The largest absolute Gasteiger partial charge is 0.340 e. The topological polar surface area (TPSA) is 50.2 Å². The lowest BCUT2D eigenvalue weighted by atomic mass is 9.84. The van der Waals surface area contributed by atoms with Gasteiger partial charge in [0, 0.05) is 25.5 Å². The van der Waals surface area contributed by atoms with Crippen LogP contribution in [0, 0.1) is 11.8 Å². The molecule has 2 aliphatic rings. The van der Waals surface area contributed by atoms with Gasteiger partial charge in [0.1, 0.15) is 5.54 Å². The summed E-state index contributed by atoms with van der Waals surface area (Å²) in [5, 5.41) is 7.82. The second-order valence-electron chi connectivity index (χ2n) is 7.62. The molecule has 0 aliphatic carbocycles. The molecule has 0 saturated carbocycles. The standard InChI is InChI=1S/C18H30N4O.ClH/c1-15(2)13-16-5-3-11-21(14-16)17(23)18(6-9-19-10-7-18)22-12-4-8-20-22;/h4,8,12,15-16,19H,3,5-7,9-11,13-14H2,1-2H3;1H. The Morgan fingerprint density at radius 3 is 2.75 bits per heavy atom. The van der Waals surface area contributed by atoms with Crippen LogP contribution in [0.2, 0.25) is 0 Å². The summed E-state index contributed by atoms with van der Waals surface area (Å²) in [5.41, 5.74) is -0.478. The molecule has 1 N–H and O–H groups in total. The Bertz CT molecular complexity index is 511. The van der Waals surface area contributed by atoms with E-state index in [0.29, 0.717) is 11.8 Å². The van der Waals surface area contributed by atoms with Crippen LogP contribution in [-0.2, 0) is 10.3 Å². The molecule has 1 amide bonds. The van der Waals surface area contributed by atoms with E-state index in [1.54, 1.807) is 6.20 Å². The minimum Gasteiger partial charge on any atom is -0.340 e. The van der Waals surface area contributed by atoms with E-state index < -0.39 is 5.54 Å². The van der Waals surface area contributed by atoms with Gasteiger partial charge < -0.3 is 10.2 Å². The second kappa shape index (κ2) is 8.34. The molecule has 2 saturated heterocycles. The van der Waals surface area contributed by atoms with E-state index in [-0.39, 0.29) is 18.3 Å². The molecule has 1 aromatic heterocycles. The average molecular weight is 355 g/mol. The predicted octanol–water partition coefficient (Wildman–Crippen LogP) is 2.67. The van der Waals surface area contributed by atoms with Crippen LogP contribution >= 0.6 is 12.4 Å². The number of amides is 1. The van der Waals surface area contributed by atoms with Crippen molar-refractivity contribution in [2.24, 2.45) is 11.8 Å². The van der Waals surface area contributed by atoms with E-state index in [0.717, 1.165) is 45.4 Å². The fraction of sp³-hybridized carbons (Fsp3) is 0.778. The van der Waals surface area contributed by atoms with Crippen LogP contribution in [0.4, 0.5) is 0 Å². The summed E-state index contributed by atoms with van der Waals surface area (Å²) in [4.78, 5) is 15.6.